The Hall–Kier alpha value is -0.0800. The van der Waals surface area contributed by atoms with Crippen molar-refractivity contribution in [1.29, 1.82) is 0 Å². The lowest BCUT2D eigenvalue weighted by molar-refractivity contribution is 0.0860. The van der Waals surface area contributed by atoms with Gasteiger partial charge in [-0.3, -0.25) is 0 Å². The number of unbranched alkanes of at least 4 members (excludes halogenated alkanes) is 12. The summed E-state index contributed by atoms with van der Waals surface area (Å²) < 4.78 is 0. The highest BCUT2D eigenvalue weighted by Gasteiger charge is 2.00. The van der Waals surface area contributed by atoms with E-state index in [2.05, 4.69) is 6.92 Å². The van der Waals surface area contributed by atoms with Crippen LogP contribution in [0.15, 0.2) is 0 Å². The van der Waals surface area contributed by atoms with Gasteiger partial charge in [-0.2, -0.15) is 0 Å². The number of aliphatic hydroxyl groups is 2. The van der Waals surface area contributed by atoms with E-state index in [0.29, 0.717) is 0 Å². The summed E-state index contributed by atoms with van der Waals surface area (Å²) in [6.07, 6.45) is 17.8. The molecule has 0 heterocycles. The van der Waals surface area contributed by atoms with Gasteiger partial charge in [-0.05, 0) is 6.42 Å². The van der Waals surface area contributed by atoms with E-state index in [9.17, 15) is 5.11 Å². The Labute approximate surface area is 120 Å². The van der Waals surface area contributed by atoms with Crippen LogP contribution in [0.1, 0.15) is 96.8 Å². The van der Waals surface area contributed by atoms with Crippen molar-refractivity contribution in [2.24, 2.45) is 0 Å². The number of rotatable bonds is 15. The molecule has 0 aromatic carbocycles. The molecule has 0 saturated heterocycles. The second kappa shape index (κ2) is 16.0. The normalized spacial score (nSPS) is 12.8. The van der Waals surface area contributed by atoms with Crippen molar-refractivity contribution in [3.8, 4) is 0 Å². The Morgan fingerprint density at radius 1 is 0.632 bits per heavy atom. The molecule has 0 rings (SSSR count). The summed E-state index contributed by atoms with van der Waals surface area (Å²) in [7, 11) is 0. The van der Waals surface area contributed by atoms with Crippen LogP contribution in [-0.4, -0.2) is 22.9 Å². The Kier molecular flexibility index (Phi) is 15.9. The van der Waals surface area contributed by atoms with Crippen LogP contribution < -0.4 is 0 Å². The standard InChI is InChI=1S/C17H36O2/c1-2-3-4-5-6-7-8-9-10-11-12-13-14-15-17(19)16-18/h17-19H,2-16H2,1H3/t17-/m0/s1. The molecule has 0 saturated carbocycles. The molecule has 0 amide bonds. The molecule has 0 aromatic rings. The molecule has 0 aromatic heterocycles. The highest BCUT2D eigenvalue weighted by Crippen LogP contribution is 2.13. The van der Waals surface area contributed by atoms with Gasteiger partial charge < -0.3 is 10.2 Å². The van der Waals surface area contributed by atoms with Crippen molar-refractivity contribution in [3.63, 3.8) is 0 Å². The van der Waals surface area contributed by atoms with Gasteiger partial charge in [0.05, 0.1) is 12.7 Å². The van der Waals surface area contributed by atoms with Gasteiger partial charge in [-0.15, -0.1) is 0 Å². The zero-order valence-corrected chi connectivity index (χ0v) is 13.1. The Morgan fingerprint density at radius 2 is 1.00 bits per heavy atom. The average Bonchev–Trinajstić information content (AvgIpc) is 2.43. The molecule has 0 aliphatic carbocycles. The maximum Gasteiger partial charge on any atom is 0.0770 e. The molecule has 0 fully saturated rings. The molecule has 2 heteroatoms. The fourth-order valence-corrected chi connectivity index (χ4v) is 2.49. The molecule has 2 nitrogen and oxygen atoms in total. The maximum absolute atomic E-state index is 9.19. The molecule has 2 N–H and O–H groups in total. The van der Waals surface area contributed by atoms with Gasteiger partial charge in [0.15, 0.2) is 0 Å². The van der Waals surface area contributed by atoms with E-state index in [4.69, 9.17) is 5.11 Å². The second-order valence-corrected chi connectivity index (χ2v) is 5.87. The second-order valence-electron chi connectivity index (χ2n) is 5.87. The van der Waals surface area contributed by atoms with Gasteiger partial charge in [-0.1, -0.05) is 90.4 Å². The summed E-state index contributed by atoms with van der Waals surface area (Å²) in [5, 5.41) is 17.9. The van der Waals surface area contributed by atoms with Crippen molar-refractivity contribution in [1.82, 2.24) is 0 Å². The molecule has 0 bridgehead atoms. The summed E-state index contributed by atoms with van der Waals surface area (Å²) in [5.41, 5.74) is 0. The molecule has 0 aliphatic heterocycles. The van der Waals surface area contributed by atoms with Crippen LogP contribution in [0, 0.1) is 0 Å². The SMILES string of the molecule is CCCCCCCCCCCCCCC[C@H](O)CO. The van der Waals surface area contributed by atoms with Gasteiger partial charge in [0.1, 0.15) is 0 Å². The van der Waals surface area contributed by atoms with Crippen LogP contribution in [0.5, 0.6) is 0 Å². The van der Waals surface area contributed by atoms with Crippen molar-refractivity contribution in [2.75, 3.05) is 6.61 Å². The first-order valence-electron chi connectivity index (χ1n) is 8.60. The molecule has 0 aliphatic rings. The van der Waals surface area contributed by atoms with Gasteiger partial charge in [-0.25, -0.2) is 0 Å². The minimum Gasteiger partial charge on any atom is -0.394 e. The van der Waals surface area contributed by atoms with Crippen LogP contribution in [0.2, 0.25) is 0 Å². The van der Waals surface area contributed by atoms with E-state index in [1.807, 2.05) is 0 Å². The van der Waals surface area contributed by atoms with Gasteiger partial charge in [0, 0.05) is 0 Å². The average molecular weight is 272 g/mol. The lowest BCUT2D eigenvalue weighted by Crippen LogP contribution is -2.10. The monoisotopic (exact) mass is 272 g/mol. The zero-order valence-electron chi connectivity index (χ0n) is 13.1. The summed E-state index contributed by atoms with van der Waals surface area (Å²) >= 11 is 0. The van der Waals surface area contributed by atoms with E-state index in [0.717, 1.165) is 12.8 Å². The van der Waals surface area contributed by atoms with Crippen LogP contribution in [0.25, 0.3) is 0 Å². The lowest BCUT2D eigenvalue weighted by Gasteiger charge is -2.06. The zero-order chi connectivity index (χ0) is 14.2. The molecule has 116 valence electrons. The summed E-state index contributed by atoms with van der Waals surface area (Å²) in [4.78, 5) is 0. The largest absolute Gasteiger partial charge is 0.394 e. The fourth-order valence-electron chi connectivity index (χ4n) is 2.49. The molecular formula is C17H36O2. The predicted molar refractivity (Wildman–Crippen MR) is 83.4 cm³/mol. The fraction of sp³-hybridized carbons (Fsp3) is 1.00. The summed E-state index contributed by atoms with van der Waals surface area (Å²) in [6, 6.07) is 0. The third-order valence-corrected chi connectivity index (χ3v) is 3.85. The van der Waals surface area contributed by atoms with Gasteiger partial charge >= 0.3 is 0 Å². The molecule has 19 heavy (non-hydrogen) atoms. The summed E-state index contributed by atoms with van der Waals surface area (Å²) in [5.74, 6) is 0. The predicted octanol–water partition coefficient (Wildman–Crippen LogP) is 4.82. The van der Waals surface area contributed by atoms with Crippen LogP contribution in [0.3, 0.4) is 0 Å². The molecular weight excluding hydrogens is 236 g/mol. The molecule has 1 atom stereocenters. The van der Waals surface area contributed by atoms with E-state index in [-0.39, 0.29) is 6.61 Å². The quantitative estimate of drug-likeness (QED) is 0.420. The topological polar surface area (TPSA) is 40.5 Å². The number of hydrogen-bond donors (Lipinski definition) is 2. The van der Waals surface area contributed by atoms with E-state index >= 15 is 0 Å². The maximum atomic E-state index is 9.19. The first-order chi connectivity index (χ1) is 9.31. The highest BCUT2D eigenvalue weighted by atomic mass is 16.3. The van der Waals surface area contributed by atoms with Gasteiger partial charge in [0.2, 0.25) is 0 Å². The van der Waals surface area contributed by atoms with Crippen molar-refractivity contribution < 1.29 is 10.2 Å². The first kappa shape index (κ1) is 18.9. The molecule has 0 radical (unpaired) electrons. The smallest absolute Gasteiger partial charge is 0.0770 e. The van der Waals surface area contributed by atoms with E-state index in [1.54, 1.807) is 0 Å². The van der Waals surface area contributed by atoms with E-state index in [1.165, 1.54) is 77.0 Å². The van der Waals surface area contributed by atoms with Crippen LogP contribution in [-0.2, 0) is 0 Å². The lowest BCUT2D eigenvalue weighted by atomic mass is 10.0. The first-order valence-corrected chi connectivity index (χ1v) is 8.60. The Balaban J connectivity index is 2.95. The minimum absolute atomic E-state index is 0.0851. The van der Waals surface area contributed by atoms with Crippen molar-refractivity contribution >= 4 is 0 Å². The number of aliphatic hydroxyl groups excluding tert-OH is 2. The molecule has 0 spiro atoms. The third kappa shape index (κ3) is 15.9. The van der Waals surface area contributed by atoms with Crippen LogP contribution >= 0.6 is 0 Å². The van der Waals surface area contributed by atoms with Crippen molar-refractivity contribution in [3.05, 3.63) is 0 Å². The Bertz CT molecular complexity index is 159. The van der Waals surface area contributed by atoms with E-state index < -0.39 is 6.10 Å². The van der Waals surface area contributed by atoms with Crippen molar-refractivity contribution in [2.45, 2.75) is 103 Å². The number of hydrogen-bond acceptors (Lipinski definition) is 2. The molecule has 0 unspecified atom stereocenters. The highest BCUT2D eigenvalue weighted by molar-refractivity contribution is 4.54. The van der Waals surface area contributed by atoms with Crippen LogP contribution in [0.4, 0.5) is 0 Å². The summed E-state index contributed by atoms with van der Waals surface area (Å²) in [6.45, 7) is 2.18. The third-order valence-electron chi connectivity index (χ3n) is 3.85. The minimum atomic E-state index is -0.493. The Morgan fingerprint density at radius 3 is 1.37 bits per heavy atom. The van der Waals surface area contributed by atoms with Gasteiger partial charge in [0.25, 0.3) is 0 Å².